The number of aryl methyl sites for hydroxylation is 2. The molecular weight excluding hydrogens is 590 g/mol. The van der Waals surface area contributed by atoms with Crippen LogP contribution in [-0.4, -0.2) is 49.1 Å². The first-order chi connectivity index (χ1) is 19.0. The van der Waals surface area contributed by atoms with Crippen LogP contribution in [0.4, 0.5) is 0 Å². The number of aromatic nitrogens is 1. The van der Waals surface area contributed by atoms with E-state index in [1.54, 1.807) is 31.2 Å². The maximum Gasteiger partial charge on any atom is 0.269 e. The smallest absolute Gasteiger partial charge is 0.269 e. The number of piperidine rings is 1. The second-order valence-corrected chi connectivity index (χ2v) is 13.4. The van der Waals surface area contributed by atoms with Crippen LogP contribution in [0.3, 0.4) is 0 Å². The second-order valence-electron chi connectivity index (χ2n) is 10.6. The van der Waals surface area contributed by atoms with Crippen LogP contribution < -0.4 is 5.32 Å². The topological polar surface area (TPSA) is 99.3 Å². The third-order valence-corrected chi connectivity index (χ3v) is 9.69. The van der Waals surface area contributed by atoms with Gasteiger partial charge in [-0.05, 0) is 86.7 Å². The summed E-state index contributed by atoms with van der Waals surface area (Å²) in [6.07, 6.45) is 1.48. The van der Waals surface area contributed by atoms with Crippen LogP contribution in [0.5, 0.6) is 0 Å². The molecule has 0 radical (unpaired) electrons. The molecule has 0 atom stereocenters. The lowest BCUT2D eigenvalue weighted by molar-refractivity contribution is 0.0901. The molecule has 1 aliphatic heterocycles. The molecule has 1 aromatic heterocycles. The number of nitrogens with zero attached hydrogens (tertiary/aromatic N) is 1. The van der Waals surface area contributed by atoms with Gasteiger partial charge >= 0.3 is 0 Å². The van der Waals surface area contributed by atoms with E-state index in [1.807, 2.05) is 50.2 Å². The van der Waals surface area contributed by atoms with Crippen molar-refractivity contribution in [3.63, 3.8) is 0 Å². The van der Waals surface area contributed by atoms with Gasteiger partial charge in [-0.2, -0.15) is 0 Å². The van der Waals surface area contributed by atoms with Crippen molar-refractivity contribution in [2.75, 3.05) is 13.1 Å². The van der Waals surface area contributed by atoms with Crippen molar-refractivity contribution in [3.8, 4) is 0 Å². The van der Waals surface area contributed by atoms with Gasteiger partial charge in [0.25, 0.3) is 5.91 Å². The molecule has 208 valence electrons. The summed E-state index contributed by atoms with van der Waals surface area (Å²) < 4.78 is 28.7. The third-order valence-electron chi connectivity index (χ3n) is 7.38. The Labute approximate surface area is 243 Å². The number of amides is 1. The molecule has 9 heteroatoms. The van der Waals surface area contributed by atoms with E-state index in [4.69, 9.17) is 0 Å². The van der Waals surface area contributed by atoms with Gasteiger partial charge in [0.05, 0.1) is 4.90 Å². The third kappa shape index (κ3) is 5.92. The number of carbonyl (C=O) groups is 2. The van der Waals surface area contributed by atoms with Crippen LogP contribution in [0.25, 0.3) is 10.9 Å². The molecule has 1 fully saturated rings. The number of rotatable bonds is 7. The van der Waals surface area contributed by atoms with E-state index in [2.05, 4.69) is 31.1 Å². The van der Waals surface area contributed by atoms with Gasteiger partial charge in [0.2, 0.25) is 9.84 Å². The van der Waals surface area contributed by atoms with Gasteiger partial charge < -0.3 is 10.3 Å². The van der Waals surface area contributed by atoms with Crippen molar-refractivity contribution in [2.45, 2.75) is 56.0 Å². The number of likely N-dealkylation sites (tertiary alicyclic amines) is 1. The van der Waals surface area contributed by atoms with Crippen LogP contribution in [0.2, 0.25) is 0 Å². The van der Waals surface area contributed by atoms with Crippen LogP contribution in [0.1, 0.15) is 57.3 Å². The van der Waals surface area contributed by atoms with Crippen LogP contribution >= 0.6 is 15.9 Å². The number of sulfone groups is 1. The molecule has 0 spiro atoms. The lowest BCUT2D eigenvalue weighted by Gasteiger charge is -2.32. The lowest BCUT2D eigenvalue weighted by Crippen LogP contribution is -2.44. The van der Waals surface area contributed by atoms with Crippen molar-refractivity contribution in [1.29, 1.82) is 0 Å². The van der Waals surface area contributed by atoms with Gasteiger partial charge in [-0.3, -0.25) is 14.5 Å². The lowest BCUT2D eigenvalue weighted by atomic mass is 10.0. The normalized spacial score (nSPS) is 14.9. The Balaban J connectivity index is 1.37. The van der Waals surface area contributed by atoms with E-state index in [0.717, 1.165) is 53.6 Å². The number of ketones is 1. The molecule has 0 saturated carbocycles. The Morgan fingerprint density at radius 2 is 1.70 bits per heavy atom. The minimum absolute atomic E-state index is 0.00547. The first kappa shape index (κ1) is 28.3. The highest BCUT2D eigenvalue weighted by Crippen LogP contribution is 2.34. The fourth-order valence-corrected chi connectivity index (χ4v) is 7.57. The van der Waals surface area contributed by atoms with E-state index in [1.165, 1.54) is 0 Å². The van der Waals surface area contributed by atoms with Crippen molar-refractivity contribution in [1.82, 2.24) is 15.2 Å². The molecular formula is C31H32BrN3O4S. The summed E-state index contributed by atoms with van der Waals surface area (Å²) in [4.78, 5) is 30.9. The summed E-state index contributed by atoms with van der Waals surface area (Å²) in [5.41, 5.74) is 4.10. The second kappa shape index (κ2) is 11.3. The van der Waals surface area contributed by atoms with Gasteiger partial charge in [-0.25, -0.2) is 8.42 Å². The maximum atomic E-state index is 14.0. The summed E-state index contributed by atoms with van der Waals surface area (Å²) in [5.74, 6) is -0.380. The first-order valence-electron chi connectivity index (χ1n) is 13.3. The molecule has 1 amide bonds. The van der Waals surface area contributed by atoms with Gasteiger partial charge in [-0.1, -0.05) is 40.2 Å². The van der Waals surface area contributed by atoms with Crippen LogP contribution in [0.15, 0.2) is 74.9 Å². The zero-order valence-corrected chi connectivity index (χ0v) is 25.2. The Morgan fingerprint density at radius 1 is 1.00 bits per heavy atom. The van der Waals surface area contributed by atoms with Gasteiger partial charge in [0.1, 0.15) is 10.6 Å². The standard InChI is InChI=1S/C31H32BrN3O4S/c1-19-13-20(2)15-26(14-19)40(38,39)30-27-17-24(32)7-8-28(27)34-29(30)31(37)33-25-9-11-35(12-10-25)18-22-5-4-6-23(16-22)21(3)36/h4-8,13-17,25,34H,9-12,18H2,1-3H3,(H,33,37). The highest BCUT2D eigenvalue weighted by Gasteiger charge is 2.31. The molecule has 3 aromatic carbocycles. The number of hydrogen-bond donors (Lipinski definition) is 2. The van der Waals surface area contributed by atoms with E-state index < -0.39 is 15.7 Å². The number of nitrogens with one attached hydrogen (secondary N) is 2. The van der Waals surface area contributed by atoms with Gasteiger partial charge in [0.15, 0.2) is 5.78 Å². The van der Waals surface area contributed by atoms with Gasteiger partial charge in [-0.15, -0.1) is 0 Å². The van der Waals surface area contributed by atoms with Gasteiger partial charge in [0, 0.05) is 46.6 Å². The van der Waals surface area contributed by atoms with E-state index >= 15 is 0 Å². The quantitative estimate of drug-likeness (QED) is 0.247. The van der Waals surface area contributed by atoms with E-state index in [9.17, 15) is 18.0 Å². The monoisotopic (exact) mass is 621 g/mol. The summed E-state index contributed by atoms with van der Waals surface area (Å²) in [5, 5.41) is 3.56. The minimum atomic E-state index is -4.00. The number of halogens is 1. The Kier molecular flexibility index (Phi) is 7.99. The van der Waals surface area contributed by atoms with Crippen LogP contribution in [0, 0.1) is 13.8 Å². The molecule has 7 nitrogen and oxygen atoms in total. The Morgan fingerprint density at radius 3 is 2.38 bits per heavy atom. The average molecular weight is 623 g/mol. The number of carbonyl (C=O) groups excluding carboxylic acids is 2. The summed E-state index contributed by atoms with van der Waals surface area (Å²) in [7, 11) is -4.00. The Hall–Kier alpha value is -3.27. The molecule has 1 aliphatic rings. The largest absolute Gasteiger partial charge is 0.349 e. The fraction of sp³-hybridized carbons (Fsp3) is 0.290. The predicted molar refractivity (Wildman–Crippen MR) is 160 cm³/mol. The summed E-state index contributed by atoms with van der Waals surface area (Å²) >= 11 is 3.45. The maximum absolute atomic E-state index is 14.0. The molecule has 1 saturated heterocycles. The zero-order chi connectivity index (χ0) is 28.6. The number of fused-ring (bicyclic) bond motifs is 1. The van der Waals surface area contributed by atoms with Crippen molar-refractivity contribution in [2.24, 2.45) is 0 Å². The number of hydrogen-bond acceptors (Lipinski definition) is 5. The molecule has 2 heterocycles. The predicted octanol–water partition coefficient (Wildman–Crippen LogP) is 5.98. The highest BCUT2D eigenvalue weighted by atomic mass is 79.9. The first-order valence-corrected chi connectivity index (χ1v) is 15.6. The minimum Gasteiger partial charge on any atom is -0.349 e. The summed E-state index contributed by atoms with van der Waals surface area (Å²) in [6, 6.07) is 18.1. The van der Waals surface area contributed by atoms with Crippen molar-refractivity contribution >= 4 is 48.4 Å². The Bertz CT molecular complexity index is 1700. The van der Waals surface area contributed by atoms with Crippen molar-refractivity contribution < 1.29 is 18.0 Å². The highest BCUT2D eigenvalue weighted by molar-refractivity contribution is 9.10. The number of Topliss-reactive ketones (excluding diaryl/α,β-unsaturated/α-hetero) is 1. The molecule has 40 heavy (non-hydrogen) atoms. The van der Waals surface area contributed by atoms with E-state index in [0.29, 0.717) is 16.5 Å². The number of benzene rings is 3. The van der Waals surface area contributed by atoms with E-state index in [-0.39, 0.29) is 27.3 Å². The molecule has 0 unspecified atom stereocenters. The average Bonchev–Trinajstić information content (AvgIpc) is 3.29. The summed E-state index contributed by atoms with van der Waals surface area (Å²) in [6.45, 7) is 7.58. The molecule has 5 rings (SSSR count). The SMILES string of the molecule is CC(=O)c1cccc(CN2CCC(NC(=O)c3[nH]c4ccc(Br)cc4c3S(=O)(=O)c3cc(C)cc(C)c3)CC2)c1. The molecule has 4 aromatic rings. The zero-order valence-electron chi connectivity index (χ0n) is 22.8. The number of aromatic amines is 1. The van der Waals surface area contributed by atoms with Crippen molar-refractivity contribution in [3.05, 3.63) is 93.1 Å². The molecule has 0 aliphatic carbocycles. The number of H-pyrrole nitrogens is 1. The molecule has 0 bridgehead atoms. The molecule has 2 N–H and O–H groups in total. The van der Waals surface area contributed by atoms with Crippen LogP contribution in [-0.2, 0) is 16.4 Å². The fourth-order valence-electron chi connectivity index (χ4n) is 5.42.